The third kappa shape index (κ3) is 2.55. The molecule has 0 aromatic carbocycles. The number of rotatable bonds is 5. The van der Waals surface area contributed by atoms with Crippen molar-refractivity contribution in [1.29, 1.82) is 0 Å². The first-order valence-corrected chi connectivity index (χ1v) is 6.69. The van der Waals surface area contributed by atoms with E-state index in [1.54, 1.807) is 0 Å². The highest BCUT2D eigenvalue weighted by Gasteiger charge is 2.56. The van der Waals surface area contributed by atoms with Crippen molar-refractivity contribution >= 4 is 17.3 Å². The first-order chi connectivity index (χ1) is 8.15. The summed E-state index contributed by atoms with van der Waals surface area (Å²) in [5, 5.41) is 0. The fourth-order valence-electron chi connectivity index (χ4n) is 3.78. The highest BCUT2D eigenvalue weighted by Crippen LogP contribution is 2.54. The van der Waals surface area contributed by atoms with Gasteiger partial charge in [0.25, 0.3) is 0 Å². The van der Waals surface area contributed by atoms with Gasteiger partial charge in [0.05, 0.1) is 0 Å². The van der Waals surface area contributed by atoms with E-state index in [4.69, 9.17) is 0 Å². The lowest BCUT2D eigenvalue weighted by Gasteiger charge is -2.29. The standard InChI is InChI=1S/C15H24O3/c1-6-12-9-14(4,7-10(2)16)13(18)15(12,5)8-11(3)17/h12H,6-9H2,1-5H3/t12-,14-,15+/m1/s1. The Kier molecular flexibility index (Phi) is 4.14. The van der Waals surface area contributed by atoms with E-state index in [9.17, 15) is 14.4 Å². The largest absolute Gasteiger partial charge is 0.300 e. The zero-order valence-corrected chi connectivity index (χ0v) is 12.1. The van der Waals surface area contributed by atoms with Crippen LogP contribution in [0.5, 0.6) is 0 Å². The third-order valence-corrected chi connectivity index (χ3v) is 4.41. The molecule has 0 aliphatic heterocycles. The van der Waals surface area contributed by atoms with Crippen molar-refractivity contribution in [2.45, 2.75) is 60.3 Å². The molecule has 18 heavy (non-hydrogen) atoms. The maximum absolute atomic E-state index is 12.7. The highest BCUT2D eigenvalue weighted by atomic mass is 16.1. The topological polar surface area (TPSA) is 51.2 Å². The quantitative estimate of drug-likeness (QED) is 0.756. The fourth-order valence-corrected chi connectivity index (χ4v) is 3.78. The minimum atomic E-state index is -0.579. The zero-order valence-electron chi connectivity index (χ0n) is 12.1. The van der Waals surface area contributed by atoms with Crippen LogP contribution in [0, 0.1) is 16.7 Å². The molecule has 0 N–H and O–H groups in total. The minimum absolute atomic E-state index is 0.0489. The summed E-state index contributed by atoms with van der Waals surface area (Å²) in [5.74, 6) is 0.412. The van der Waals surface area contributed by atoms with Gasteiger partial charge in [-0.2, -0.15) is 0 Å². The van der Waals surface area contributed by atoms with Crippen LogP contribution in [0.25, 0.3) is 0 Å². The Morgan fingerprint density at radius 2 is 1.67 bits per heavy atom. The SMILES string of the molecule is CC[C@@H]1C[C@@](C)(CC(C)=O)C(=O)[C@@]1(C)CC(C)=O. The van der Waals surface area contributed by atoms with Crippen molar-refractivity contribution in [1.82, 2.24) is 0 Å². The van der Waals surface area contributed by atoms with Crippen LogP contribution in [0.2, 0.25) is 0 Å². The summed E-state index contributed by atoms with van der Waals surface area (Å²) in [5.41, 5.74) is -1.15. The van der Waals surface area contributed by atoms with E-state index in [0.717, 1.165) is 12.8 Å². The van der Waals surface area contributed by atoms with Crippen LogP contribution < -0.4 is 0 Å². The molecule has 0 aromatic rings. The van der Waals surface area contributed by atoms with Crippen molar-refractivity contribution in [3.63, 3.8) is 0 Å². The van der Waals surface area contributed by atoms with Gasteiger partial charge in [-0.15, -0.1) is 0 Å². The molecule has 0 spiro atoms. The Morgan fingerprint density at radius 1 is 1.17 bits per heavy atom. The molecule has 1 aliphatic carbocycles. The summed E-state index contributed by atoms with van der Waals surface area (Å²) in [6.45, 7) is 8.89. The van der Waals surface area contributed by atoms with Crippen molar-refractivity contribution < 1.29 is 14.4 Å². The summed E-state index contributed by atoms with van der Waals surface area (Å²) < 4.78 is 0. The Morgan fingerprint density at radius 3 is 2.06 bits per heavy atom. The molecule has 0 unspecified atom stereocenters. The van der Waals surface area contributed by atoms with Gasteiger partial charge in [-0.1, -0.05) is 27.2 Å². The highest BCUT2D eigenvalue weighted by molar-refractivity contribution is 5.98. The number of hydrogen-bond donors (Lipinski definition) is 0. The summed E-state index contributed by atoms with van der Waals surface area (Å²) in [6.07, 6.45) is 2.21. The molecule has 0 amide bonds. The molecular weight excluding hydrogens is 228 g/mol. The second kappa shape index (κ2) is 4.94. The van der Waals surface area contributed by atoms with Gasteiger partial charge in [-0.3, -0.25) is 14.4 Å². The molecular formula is C15H24O3. The first-order valence-electron chi connectivity index (χ1n) is 6.69. The van der Waals surface area contributed by atoms with E-state index in [2.05, 4.69) is 6.92 Å². The number of hydrogen-bond acceptors (Lipinski definition) is 3. The monoisotopic (exact) mass is 252 g/mol. The molecule has 0 heterocycles. The molecule has 0 bridgehead atoms. The second-order valence-electron chi connectivity index (χ2n) is 6.37. The van der Waals surface area contributed by atoms with Crippen LogP contribution in [-0.2, 0) is 14.4 Å². The number of carbonyl (C=O) groups is 3. The van der Waals surface area contributed by atoms with E-state index >= 15 is 0 Å². The third-order valence-electron chi connectivity index (χ3n) is 4.41. The first kappa shape index (κ1) is 15.1. The van der Waals surface area contributed by atoms with Crippen LogP contribution in [0.3, 0.4) is 0 Å². The Balaban J connectivity index is 3.09. The van der Waals surface area contributed by atoms with Gasteiger partial charge in [0, 0.05) is 23.7 Å². The predicted octanol–water partition coefficient (Wildman–Crippen LogP) is 2.96. The van der Waals surface area contributed by atoms with Crippen LogP contribution in [0.1, 0.15) is 60.3 Å². The molecule has 0 saturated heterocycles. The van der Waals surface area contributed by atoms with Crippen molar-refractivity contribution in [2.75, 3.05) is 0 Å². The van der Waals surface area contributed by atoms with E-state index in [0.29, 0.717) is 12.8 Å². The lowest BCUT2D eigenvalue weighted by atomic mass is 9.72. The molecule has 1 aliphatic rings. The van der Waals surface area contributed by atoms with Crippen LogP contribution in [-0.4, -0.2) is 17.3 Å². The molecule has 3 atom stereocenters. The summed E-state index contributed by atoms with van der Waals surface area (Å²) in [7, 11) is 0. The van der Waals surface area contributed by atoms with Crippen molar-refractivity contribution in [3.8, 4) is 0 Å². The molecule has 3 nitrogen and oxygen atoms in total. The van der Waals surface area contributed by atoms with Gasteiger partial charge in [0.2, 0.25) is 0 Å². The lowest BCUT2D eigenvalue weighted by Crippen LogP contribution is -2.36. The van der Waals surface area contributed by atoms with Crippen LogP contribution >= 0.6 is 0 Å². The zero-order chi connectivity index (χ0) is 14.1. The second-order valence-corrected chi connectivity index (χ2v) is 6.37. The van der Waals surface area contributed by atoms with Crippen LogP contribution in [0.15, 0.2) is 0 Å². The average molecular weight is 252 g/mol. The average Bonchev–Trinajstić information content (AvgIpc) is 2.38. The Bertz CT molecular complexity index is 385. The lowest BCUT2D eigenvalue weighted by molar-refractivity contribution is -0.138. The summed E-state index contributed by atoms with van der Waals surface area (Å²) in [4.78, 5) is 35.5. The smallest absolute Gasteiger partial charge is 0.145 e. The fraction of sp³-hybridized carbons (Fsp3) is 0.800. The van der Waals surface area contributed by atoms with Gasteiger partial charge in [0.1, 0.15) is 17.3 Å². The van der Waals surface area contributed by atoms with Gasteiger partial charge in [-0.25, -0.2) is 0 Å². The number of carbonyl (C=O) groups excluding carboxylic acids is 3. The van der Waals surface area contributed by atoms with Gasteiger partial charge >= 0.3 is 0 Å². The van der Waals surface area contributed by atoms with Crippen molar-refractivity contribution in [3.05, 3.63) is 0 Å². The molecule has 1 fully saturated rings. The van der Waals surface area contributed by atoms with E-state index in [-0.39, 0.29) is 23.3 Å². The number of Topliss-reactive ketones (excluding diaryl/α,β-unsaturated/α-hetero) is 3. The maximum atomic E-state index is 12.7. The molecule has 0 radical (unpaired) electrons. The molecule has 102 valence electrons. The van der Waals surface area contributed by atoms with Crippen LogP contribution in [0.4, 0.5) is 0 Å². The van der Waals surface area contributed by atoms with Crippen molar-refractivity contribution in [2.24, 2.45) is 16.7 Å². The molecule has 1 rings (SSSR count). The predicted molar refractivity (Wildman–Crippen MR) is 70.2 cm³/mol. The van der Waals surface area contributed by atoms with Gasteiger partial charge < -0.3 is 0 Å². The Hall–Kier alpha value is -0.990. The summed E-state index contributed by atoms with van der Waals surface area (Å²) >= 11 is 0. The normalized spacial score (nSPS) is 35.8. The van der Waals surface area contributed by atoms with Gasteiger partial charge in [-0.05, 0) is 26.2 Å². The Labute approximate surface area is 109 Å². The summed E-state index contributed by atoms with van der Waals surface area (Å²) in [6, 6.07) is 0. The minimum Gasteiger partial charge on any atom is -0.300 e. The van der Waals surface area contributed by atoms with E-state index in [1.165, 1.54) is 13.8 Å². The number of ketones is 3. The maximum Gasteiger partial charge on any atom is 0.145 e. The molecule has 1 saturated carbocycles. The van der Waals surface area contributed by atoms with E-state index < -0.39 is 10.8 Å². The van der Waals surface area contributed by atoms with Gasteiger partial charge in [0.15, 0.2) is 0 Å². The molecule has 3 heteroatoms. The molecule has 0 aromatic heterocycles. The van der Waals surface area contributed by atoms with E-state index in [1.807, 2.05) is 13.8 Å².